The minimum Gasteiger partial charge on any atom is -0.493 e. The van der Waals surface area contributed by atoms with Crippen molar-refractivity contribution in [3.05, 3.63) is 23.8 Å². The quantitative estimate of drug-likeness (QED) is 0.734. The van der Waals surface area contributed by atoms with Gasteiger partial charge in [0.1, 0.15) is 0 Å². The highest BCUT2D eigenvalue weighted by Gasteiger charge is 2.27. The van der Waals surface area contributed by atoms with Gasteiger partial charge in [-0.2, -0.15) is 0 Å². The van der Waals surface area contributed by atoms with Crippen LogP contribution in [0, 0.1) is 5.92 Å². The summed E-state index contributed by atoms with van der Waals surface area (Å²) >= 11 is 0. The van der Waals surface area contributed by atoms with E-state index in [9.17, 15) is 4.79 Å². The van der Waals surface area contributed by atoms with Crippen molar-refractivity contribution in [3.63, 3.8) is 0 Å². The second-order valence-corrected chi connectivity index (χ2v) is 6.23. The van der Waals surface area contributed by atoms with Crippen molar-refractivity contribution in [2.75, 3.05) is 20.2 Å². The molecule has 4 heteroatoms. The van der Waals surface area contributed by atoms with E-state index in [1.807, 2.05) is 30.9 Å². The van der Waals surface area contributed by atoms with Gasteiger partial charge in [-0.25, -0.2) is 0 Å². The first-order valence-corrected chi connectivity index (χ1v) is 8.19. The van der Waals surface area contributed by atoms with Crippen LogP contribution in [0.5, 0.6) is 11.5 Å². The van der Waals surface area contributed by atoms with Crippen molar-refractivity contribution in [3.8, 4) is 11.5 Å². The number of nitrogens with zero attached hydrogens (tertiary/aromatic N) is 1. The van der Waals surface area contributed by atoms with Crippen molar-refractivity contribution >= 4 is 5.91 Å². The molecule has 1 fully saturated rings. The molecule has 0 unspecified atom stereocenters. The van der Waals surface area contributed by atoms with Crippen LogP contribution in [0.1, 0.15) is 50.4 Å². The molecule has 0 heterocycles. The van der Waals surface area contributed by atoms with Gasteiger partial charge in [-0.15, -0.1) is 0 Å². The summed E-state index contributed by atoms with van der Waals surface area (Å²) in [6, 6.07) is 5.45. The standard InChI is InChI=1S/C18H27NO3/c1-5-10-19(12-14-6-7-14)18(20)15-8-9-16(22-13(2)3)17(11-15)21-4/h8-9,11,13-14H,5-7,10,12H2,1-4H3. The van der Waals surface area contributed by atoms with Gasteiger partial charge in [0.2, 0.25) is 0 Å². The molecular formula is C18H27NO3. The first-order chi connectivity index (χ1) is 10.5. The van der Waals surface area contributed by atoms with Crippen LogP contribution in [0.15, 0.2) is 18.2 Å². The third kappa shape index (κ3) is 4.39. The van der Waals surface area contributed by atoms with Crippen LogP contribution in [-0.2, 0) is 0 Å². The van der Waals surface area contributed by atoms with Gasteiger partial charge in [0.15, 0.2) is 11.5 Å². The van der Waals surface area contributed by atoms with E-state index in [0.717, 1.165) is 19.5 Å². The molecule has 1 amide bonds. The van der Waals surface area contributed by atoms with Crippen LogP contribution < -0.4 is 9.47 Å². The second kappa shape index (κ2) is 7.52. The van der Waals surface area contributed by atoms with E-state index in [0.29, 0.717) is 23.0 Å². The lowest BCUT2D eigenvalue weighted by Gasteiger charge is -2.23. The van der Waals surface area contributed by atoms with E-state index in [2.05, 4.69) is 6.92 Å². The lowest BCUT2D eigenvalue weighted by Crippen LogP contribution is -2.33. The molecule has 0 saturated heterocycles. The maximum absolute atomic E-state index is 12.7. The highest BCUT2D eigenvalue weighted by Crippen LogP contribution is 2.32. The van der Waals surface area contributed by atoms with Gasteiger partial charge >= 0.3 is 0 Å². The Morgan fingerprint density at radius 2 is 2.05 bits per heavy atom. The third-order valence-electron chi connectivity index (χ3n) is 3.73. The Morgan fingerprint density at radius 3 is 2.59 bits per heavy atom. The molecule has 4 nitrogen and oxygen atoms in total. The summed E-state index contributed by atoms with van der Waals surface area (Å²) < 4.78 is 11.1. The molecule has 1 aliphatic carbocycles. The summed E-state index contributed by atoms with van der Waals surface area (Å²) in [5, 5.41) is 0. The van der Waals surface area contributed by atoms with Crippen LogP contribution in [0.3, 0.4) is 0 Å². The minimum atomic E-state index is 0.0712. The molecule has 0 bridgehead atoms. The van der Waals surface area contributed by atoms with E-state index in [1.165, 1.54) is 12.8 Å². The topological polar surface area (TPSA) is 38.8 Å². The van der Waals surface area contributed by atoms with E-state index >= 15 is 0 Å². The smallest absolute Gasteiger partial charge is 0.254 e. The largest absolute Gasteiger partial charge is 0.493 e. The number of carbonyl (C=O) groups excluding carboxylic acids is 1. The fourth-order valence-corrected chi connectivity index (χ4v) is 2.49. The highest BCUT2D eigenvalue weighted by molar-refractivity contribution is 5.95. The number of carbonyl (C=O) groups is 1. The average Bonchev–Trinajstić information content (AvgIpc) is 3.30. The van der Waals surface area contributed by atoms with E-state index in [1.54, 1.807) is 13.2 Å². The number of hydrogen-bond acceptors (Lipinski definition) is 3. The van der Waals surface area contributed by atoms with Crippen molar-refractivity contribution in [1.82, 2.24) is 4.90 Å². The monoisotopic (exact) mass is 305 g/mol. The van der Waals surface area contributed by atoms with E-state index < -0.39 is 0 Å². The Kier molecular flexibility index (Phi) is 5.69. The zero-order valence-electron chi connectivity index (χ0n) is 14.1. The molecule has 0 aromatic heterocycles. The first kappa shape index (κ1) is 16.7. The summed E-state index contributed by atoms with van der Waals surface area (Å²) in [5.41, 5.74) is 0.669. The van der Waals surface area contributed by atoms with E-state index in [4.69, 9.17) is 9.47 Å². The molecule has 1 aromatic carbocycles. The first-order valence-electron chi connectivity index (χ1n) is 8.19. The lowest BCUT2D eigenvalue weighted by atomic mass is 10.1. The third-order valence-corrected chi connectivity index (χ3v) is 3.73. The Labute approximate surface area is 133 Å². The molecule has 0 spiro atoms. The molecule has 1 aliphatic rings. The summed E-state index contributed by atoms with van der Waals surface area (Å²) in [4.78, 5) is 14.7. The second-order valence-electron chi connectivity index (χ2n) is 6.23. The SMILES string of the molecule is CCCN(CC1CC1)C(=O)c1ccc(OC(C)C)c(OC)c1. The van der Waals surface area contributed by atoms with Crippen LogP contribution >= 0.6 is 0 Å². The number of amides is 1. The molecule has 0 N–H and O–H groups in total. The zero-order valence-corrected chi connectivity index (χ0v) is 14.1. The van der Waals surface area contributed by atoms with Gasteiger partial charge in [-0.3, -0.25) is 4.79 Å². The number of ether oxygens (including phenoxy) is 2. The Hall–Kier alpha value is -1.71. The molecular weight excluding hydrogens is 278 g/mol. The maximum atomic E-state index is 12.7. The predicted octanol–water partition coefficient (Wildman–Crippen LogP) is 3.74. The number of rotatable bonds is 8. The van der Waals surface area contributed by atoms with Gasteiger partial charge in [0, 0.05) is 18.7 Å². The van der Waals surface area contributed by atoms with Gasteiger partial charge in [-0.05, 0) is 57.2 Å². The Bertz CT molecular complexity index is 509. The number of hydrogen-bond donors (Lipinski definition) is 0. The van der Waals surface area contributed by atoms with Gasteiger partial charge in [-0.1, -0.05) is 6.92 Å². The van der Waals surface area contributed by atoms with Crippen LogP contribution in [-0.4, -0.2) is 37.1 Å². The van der Waals surface area contributed by atoms with Crippen LogP contribution in [0.2, 0.25) is 0 Å². The number of methoxy groups -OCH3 is 1. The highest BCUT2D eigenvalue weighted by atomic mass is 16.5. The van der Waals surface area contributed by atoms with Crippen LogP contribution in [0.4, 0.5) is 0 Å². The fraction of sp³-hybridized carbons (Fsp3) is 0.611. The van der Waals surface area contributed by atoms with Crippen molar-refractivity contribution in [2.24, 2.45) is 5.92 Å². The molecule has 0 atom stereocenters. The molecule has 1 saturated carbocycles. The minimum absolute atomic E-state index is 0.0712. The van der Waals surface area contributed by atoms with Crippen molar-refractivity contribution in [2.45, 2.75) is 46.1 Å². The van der Waals surface area contributed by atoms with Crippen LogP contribution in [0.25, 0.3) is 0 Å². The van der Waals surface area contributed by atoms with E-state index in [-0.39, 0.29) is 12.0 Å². The zero-order chi connectivity index (χ0) is 16.1. The van der Waals surface area contributed by atoms with Gasteiger partial charge < -0.3 is 14.4 Å². The number of benzene rings is 1. The van der Waals surface area contributed by atoms with Gasteiger partial charge in [0.25, 0.3) is 5.91 Å². The molecule has 0 radical (unpaired) electrons. The summed E-state index contributed by atoms with van der Waals surface area (Å²) in [5.74, 6) is 2.07. The molecule has 122 valence electrons. The lowest BCUT2D eigenvalue weighted by molar-refractivity contribution is 0.0747. The fourth-order valence-electron chi connectivity index (χ4n) is 2.49. The predicted molar refractivity (Wildman–Crippen MR) is 87.7 cm³/mol. The normalized spacial score (nSPS) is 14.0. The maximum Gasteiger partial charge on any atom is 0.254 e. The van der Waals surface area contributed by atoms with Gasteiger partial charge in [0.05, 0.1) is 13.2 Å². The summed E-state index contributed by atoms with van der Waals surface area (Å²) in [7, 11) is 1.60. The Balaban J connectivity index is 2.16. The molecule has 22 heavy (non-hydrogen) atoms. The van der Waals surface area contributed by atoms with Crippen molar-refractivity contribution < 1.29 is 14.3 Å². The summed E-state index contributed by atoms with van der Waals surface area (Å²) in [6.45, 7) is 7.72. The molecule has 2 rings (SSSR count). The summed E-state index contributed by atoms with van der Waals surface area (Å²) in [6.07, 6.45) is 3.54. The average molecular weight is 305 g/mol. The molecule has 0 aliphatic heterocycles. The molecule has 1 aromatic rings. The Morgan fingerprint density at radius 1 is 1.32 bits per heavy atom. The van der Waals surface area contributed by atoms with Crippen molar-refractivity contribution in [1.29, 1.82) is 0 Å².